The van der Waals surface area contributed by atoms with Crippen LogP contribution in [0.1, 0.15) is 18.1 Å². The Kier molecular flexibility index (Phi) is 12.3. The van der Waals surface area contributed by atoms with Gasteiger partial charge in [-0.2, -0.15) is 0 Å². The second-order valence-corrected chi connectivity index (χ2v) is 10.8. The Labute approximate surface area is 273 Å². The van der Waals surface area contributed by atoms with Crippen LogP contribution in [0.25, 0.3) is 12.2 Å². The molecular weight excluding hydrogens is 640 g/mol. The van der Waals surface area contributed by atoms with Crippen LogP contribution in [0.15, 0.2) is 60.7 Å². The summed E-state index contributed by atoms with van der Waals surface area (Å²) in [5.41, 5.74) is 1.02. The number of aliphatic hydroxyl groups is 5. The van der Waals surface area contributed by atoms with E-state index >= 15 is 0 Å². The number of rotatable bonds is 12. The minimum atomic E-state index is -2.48. The normalized spacial score (nSPS) is 30.4. The summed E-state index contributed by atoms with van der Waals surface area (Å²) in [5.74, 6) is -5.45. The van der Waals surface area contributed by atoms with Gasteiger partial charge in [0.2, 0.25) is 12.1 Å². The van der Waals surface area contributed by atoms with Gasteiger partial charge in [0, 0.05) is 19.1 Å². The number of hydrogen-bond donors (Lipinski definition) is 7. The van der Waals surface area contributed by atoms with Gasteiger partial charge in [0.15, 0.2) is 18.3 Å². The van der Waals surface area contributed by atoms with E-state index < -0.39 is 92.5 Å². The molecule has 2 saturated heterocycles. The number of aliphatic hydroxyl groups excluding tert-OH is 5. The molecule has 0 unspecified atom stereocenters. The van der Waals surface area contributed by atoms with Gasteiger partial charge >= 0.3 is 17.9 Å². The molecule has 0 spiro atoms. The largest absolute Gasteiger partial charge is 0.508 e. The lowest BCUT2D eigenvalue weighted by atomic mass is 9.98. The molecule has 9 atom stereocenters. The van der Waals surface area contributed by atoms with Crippen LogP contribution in [-0.4, -0.2) is 128 Å². The van der Waals surface area contributed by atoms with Crippen LogP contribution >= 0.6 is 0 Å². The monoisotopic (exact) mass is 676 g/mol. The van der Waals surface area contributed by atoms with Gasteiger partial charge in [-0.15, -0.1) is 0 Å². The number of aromatic hydroxyl groups is 2. The van der Waals surface area contributed by atoms with E-state index in [1.165, 1.54) is 60.7 Å². The maximum absolute atomic E-state index is 12.8. The van der Waals surface area contributed by atoms with Crippen LogP contribution in [0.5, 0.6) is 11.5 Å². The zero-order valence-electron chi connectivity index (χ0n) is 25.5. The van der Waals surface area contributed by atoms with E-state index in [1.54, 1.807) is 0 Å². The highest BCUT2D eigenvalue weighted by atomic mass is 16.8. The van der Waals surface area contributed by atoms with Crippen molar-refractivity contribution in [2.75, 3.05) is 19.8 Å². The Hall–Kier alpha value is -4.39. The van der Waals surface area contributed by atoms with Crippen molar-refractivity contribution in [1.29, 1.82) is 0 Å². The fourth-order valence-electron chi connectivity index (χ4n) is 5.05. The van der Waals surface area contributed by atoms with Gasteiger partial charge in [0.05, 0.1) is 13.2 Å². The van der Waals surface area contributed by atoms with Gasteiger partial charge in [-0.1, -0.05) is 24.3 Å². The molecule has 48 heavy (non-hydrogen) atoms. The van der Waals surface area contributed by atoms with Gasteiger partial charge in [-0.25, -0.2) is 9.59 Å². The number of phenols is 2. The molecule has 7 N–H and O–H groups in total. The topological polar surface area (TPSA) is 248 Å². The van der Waals surface area contributed by atoms with Crippen molar-refractivity contribution in [3.63, 3.8) is 0 Å². The predicted molar refractivity (Wildman–Crippen MR) is 160 cm³/mol. The standard InChI is InChI=1S/C32H36O16/c1-17(36)43-29-27(42)28(45-24(39)12-6-18-2-8-20(37)9-3-18)23(15-34)44-31(29)48-32(16-35)30(26(41)22(14-33)47-32)46-25(40)13-7-19-4-10-21(38)11-5-19/h2-13,22-23,26-31,33-35,37-38,41-42H,14-16H2,1H3/b12-6+,13-7+/t22-,23-,26-,27+,28-,29-,30+,31-,32+/m1/s1. The van der Waals surface area contributed by atoms with Gasteiger partial charge in [-0.3, -0.25) is 4.79 Å². The maximum atomic E-state index is 12.8. The molecule has 0 aliphatic carbocycles. The smallest absolute Gasteiger partial charge is 0.331 e. The quantitative estimate of drug-likeness (QED) is 0.0819. The first-order chi connectivity index (χ1) is 22.9. The van der Waals surface area contributed by atoms with E-state index in [0.29, 0.717) is 11.1 Å². The second-order valence-electron chi connectivity index (χ2n) is 10.8. The fraction of sp³-hybridized carbons (Fsp3) is 0.406. The second kappa shape index (κ2) is 16.1. The average molecular weight is 677 g/mol. The lowest BCUT2D eigenvalue weighted by molar-refractivity contribution is -0.383. The van der Waals surface area contributed by atoms with Crippen LogP contribution in [-0.2, 0) is 42.8 Å². The number of phenolic OH excluding ortho intramolecular Hbond substituents is 2. The summed E-state index contributed by atoms with van der Waals surface area (Å²) in [6.45, 7) is -1.82. The molecule has 260 valence electrons. The number of hydrogen-bond acceptors (Lipinski definition) is 16. The minimum Gasteiger partial charge on any atom is -0.508 e. The summed E-state index contributed by atoms with van der Waals surface area (Å²) in [4.78, 5) is 37.5. The van der Waals surface area contributed by atoms with E-state index in [4.69, 9.17) is 28.4 Å². The lowest BCUT2D eigenvalue weighted by Crippen LogP contribution is -2.64. The van der Waals surface area contributed by atoms with Gasteiger partial charge in [-0.05, 0) is 47.5 Å². The fourth-order valence-corrected chi connectivity index (χ4v) is 5.05. The van der Waals surface area contributed by atoms with Crippen LogP contribution < -0.4 is 0 Å². The van der Waals surface area contributed by atoms with E-state index in [-0.39, 0.29) is 11.5 Å². The highest BCUT2D eigenvalue weighted by molar-refractivity contribution is 5.87. The average Bonchev–Trinajstić information content (AvgIpc) is 3.33. The van der Waals surface area contributed by atoms with Crippen molar-refractivity contribution in [3.05, 3.63) is 71.8 Å². The van der Waals surface area contributed by atoms with Crippen LogP contribution in [0.3, 0.4) is 0 Å². The molecule has 4 rings (SSSR count). The molecular formula is C32H36O16. The van der Waals surface area contributed by atoms with E-state index in [2.05, 4.69) is 0 Å². The Morgan fingerprint density at radius 2 is 1.27 bits per heavy atom. The molecule has 0 amide bonds. The number of esters is 3. The van der Waals surface area contributed by atoms with Gasteiger partial charge in [0.25, 0.3) is 0 Å². The van der Waals surface area contributed by atoms with Crippen LogP contribution in [0.2, 0.25) is 0 Å². The summed E-state index contributed by atoms with van der Waals surface area (Å²) in [6.07, 6.45) is -9.11. The summed E-state index contributed by atoms with van der Waals surface area (Å²) >= 11 is 0. The number of carbonyl (C=O) groups is 3. The van der Waals surface area contributed by atoms with Crippen molar-refractivity contribution in [2.45, 2.75) is 61.7 Å². The molecule has 0 aromatic heterocycles. The summed E-state index contributed by atoms with van der Waals surface area (Å²) in [7, 11) is 0. The van der Waals surface area contributed by atoms with Crippen molar-refractivity contribution in [2.24, 2.45) is 0 Å². The third kappa shape index (κ3) is 8.74. The highest BCUT2D eigenvalue weighted by Crippen LogP contribution is 2.39. The Balaban J connectivity index is 1.55. The van der Waals surface area contributed by atoms with E-state index in [0.717, 1.165) is 19.1 Å². The number of ether oxygens (including phenoxy) is 6. The van der Waals surface area contributed by atoms with Crippen LogP contribution in [0.4, 0.5) is 0 Å². The maximum Gasteiger partial charge on any atom is 0.331 e. The van der Waals surface area contributed by atoms with Crippen LogP contribution in [0, 0.1) is 0 Å². The summed E-state index contributed by atoms with van der Waals surface area (Å²) < 4.78 is 33.1. The van der Waals surface area contributed by atoms with Gasteiger partial charge < -0.3 is 64.2 Å². The minimum absolute atomic E-state index is 0.00152. The Morgan fingerprint density at radius 1 is 0.750 bits per heavy atom. The molecule has 16 heteroatoms. The molecule has 2 aliphatic heterocycles. The lowest BCUT2D eigenvalue weighted by Gasteiger charge is -2.45. The number of carbonyl (C=O) groups excluding carboxylic acids is 3. The molecule has 2 fully saturated rings. The summed E-state index contributed by atoms with van der Waals surface area (Å²) in [6, 6.07) is 11.6. The first kappa shape index (κ1) is 36.4. The first-order valence-corrected chi connectivity index (χ1v) is 14.6. The highest BCUT2D eigenvalue weighted by Gasteiger charge is 2.61. The Bertz CT molecular complexity index is 1460. The van der Waals surface area contributed by atoms with E-state index in [1.807, 2.05) is 0 Å². The molecule has 16 nitrogen and oxygen atoms in total. The number of benzene rings is 2. The molecule has 0 bridgehead atoms. The molecule has 2 aromatic carbocycles. The zero-order chi connectivity index (χ0) is 35.0. The molecule has 0 radical (unpaired) electrons. The Morgan fingerprint density at radius 3 is 1.75 bits per heavy atom. The molecule has 2 heterocycles. The third-order valence-corrected chi connectivity index (χ3v) is 7.40. The van der Waals surface area contributed by atoms with Crippen molar-refractivity contribution < 1.29 is 78.6 Å². The SMILES string of the molecule is CC(=O)O[C@H]1[C@@H](O[C@]2(CO)O[C@H](CO)[C@@H](O)[C@@H]2OC(=O)/C=C/c2ccc(O)cc2)O[C@H](CO)[C@@H](OC(=O)/C=C/c2ccc(O)cc2)[C@@H]1O. The predicted octanol–water partition coefficient (Wildman–Crippen LogP) is -0.885. The molecule has 2 aliphatic rings. The van der Waals surface area contributed by atoms with Gasteiger partial charge in [0.1, 0.15) is 42.5 Å². The van der Waals surface area contributed by atoms with Crippen molar-refractivity contribution in [3.8, 4) is 11.5 Å². The van der Waals surface area contributed by atoms with Crippen molar-refractivity contribution >= 4 is 30.1 Å². The zero-order valence-corrected chi connectivity index (χ0v) is 25.5. The van der Waals surface area contributed by atoms with E-state index in [9.17, 15) is 50.1 Å². The summed E-state index contributed by atoms with van der Waals surface area (Å²) in [5, 5.41) is 71.3. The van der Waals surface area contributed by atoms with Crippen molar-refractivity contribution in [1.82, 2.24) is 0 Å². The third-order valence-electron chi connectivity index (χ3n) is 7.40. The molecule has 2 aromatic rings. The molecule has 0 saturated carbocycles. The first-order valence-electron chi connectivity index (χ1n) is 14.6.